The number of sulfone groups is 1. The zero-order chi connectivity index (χ0) is 11.2. The van der Waals surface area contributed by atoms with Crippen molar-refractivity contribution >= 4 is 9.84 Å². The van der Waals surface area contributed by atoms with Crippen LogP contribution in [0.5, 0.6) is 0 Å². The first kappa shape index (κ1) is 12.7. The summed E-state index contributed by atoms with van der Waals surface area (Å²) in [6.45, 7) is 4.00. The first-order valence-electron chi connectivity index (χ1n) is 4.24. The smallest absolute Gasteiger partial charge is 0.175 e. The summed E-state index contributed by atoms with van der Waals surface area (Å²) >= 11 is 0. The van der Waals surface area contributed by atoms with E-state index in [2.05, 4.69) is 0 Å². The highest BCUT2D eigenvalue weighted by molar-refractivity contribution is 7.90. The van der Waals surface area contributed by atoms with Gasteiger partial charge in [0, 0.05) is 6.26 Å². The predicted molar refractivity (Wildman–Crippen MR) is 55.6 cm³/mol. The summed E-state index contributed by atoms with van der Waals surface area (Å²) in [5, 5.41) is 8.48. The molecule has 0 fully saturated rings. The van der Waals surface area contributed by atoms with Gasteiger partial charge in [-0.1, -0.05) is 19.9 Å². The second kappa shape index (κ2) is 5.40. The van der Waals surface area contributed by atoms with Gasteiger partial charge in [-0.2, -0.15) is 5.26 Å². The zero-order valence-corrected chi connectivity index (χ0v) is 9.30. The first-order chi connectivity index (χ1) is 6.54. The van der Waals surface area contributed by atoms with Crippen molar-refractivity contribution in [2.45, 2.75) is 18.7 Å². The highest BCUT2D eigenvalue weighted by Crippen LogP contribution is 2.09. The molecule has 0 aliphatic carbocycles. The topological polar surface area (TPSA) is 57.9 Å². The van der Waals surface area contributed by atoms with E-state index >= 15 is 0 Å². The maximum Gasteiger partial charge on any atom is 0.175 e. The van der Waals surface area contributed by atoms with Crippen LogP contribution < -0.4 is 0 Å². The van der Waals surface area contributed by atoms with Crippen LogP contribution in [0, 0.1) is 11.3 Å². The molecule has 1 aromatic carbocycles. The van der Waals surface area contributed by atoms with E-state index in [0.717, 1.165) is 6.26 Å². The van der Waals surface area contributed by atoms with E-state index in [1.165, 1.54) is 12.1 Å². The minimum absolute atomic E-state index is 0.182. The van der Waals surface area contributed by atoms with Gasteiger partial charge < -0.3 is 0 Å². The van der Waals surface area contributed by atoms with Crippen LogP contribution in [0.3, 0.4) is 0 Å². The lowest BCUT2D eigenvalue weighted by Crippen LogP contribution is -1.96. The number of hydrogen-bond donors (Lipinski definition) is 0. The van der Waals surface area contributed by atoms with Gasteiger partial charge in [0.05, 0.1) is 16.5 Å². The summed E-state index contributed by atoms with van der Waals surface area (Å²) in [5.74, 6) is 0. The molecule has 0 aromatic heterocycles. The van der Waals surface area contributed by atoms with Crippen LogP contribution in [0.4, 0.5) is 0 Å². The van der Waals surface area contributed by atoms with Crippen molar-refractivity contribution in [1.29, 1.82) is 5.26 Å². The molecule has 0 amide bonds. The minimum Gasteiger partial charge on any atom is -0.224 e. The Morgan fingerprint density at radius 2 is 1.86 bits per heavy atom. The van der Waals surface area contributed by atoms with Crippen molar-refractivity contribution < 1.29 is 8.42 Å². The number of benzene rings is 1. The van der Waals surface area contributed by atoms with Gasteiger partial charge in [-0.15, -0.1) is 0 Å². The van der Waals surface area contributed by atoms with Gasteiger partial charge in [-0.3, -0.25) is 0 Å². The molecule has 0 bridgehead atoms. The Morgan fingerprint density at radius 1 is 1.29 bits per heavy atom. The van der Waals surface area contributed by atoms with Gasteiger partial charge in [0.1, 0.15) is 0 Å². The van der Waals surface area contributed by atoms with E-state index in [1.54, 1.807) is 12.1 Å². The normalized spacial score (nSPS) is 9.57. The number of hydrogen-bond acceptors (Lipinski definition) is 3. The lowest BCUT2D eigenvalue weighted by Gasteiger charge is -1.96. The number of nitrogens with zero attached hydrogens (tertiary/aromatic N) is 1. The first-order valence-corrected chi connectivity index (χ1v) is 6.13. The van der Waals surface area contributed by atoms with Crippen molar-refractivity contribution in [3.63, 3.8) is 0 Å². The van der Waals surface area contributed by atoms with Crippen LogP contribution >= 0.6 is 0 Å². The van der Waals surface area contributed by atoms with Crippen molar-refractivity contribution in [1.82, 2.24) is 0 Å². The van der Waals surface area contributed by atoms with Gasteiger partial charge in [0.25, 0.3) is 0 Å². The monoisotopic (exact) mass is 211 g/mol. The average molecular weight is 211 g/mol. The molecule has 1 aromatic rings. The maximum atomic E-state index is 11.0. The molecule has 0 saturated carbocycles. The lowest BCUT2D eigenvalue weighted by atomic mass is 10.2. The van der Waals surface area contributed by atoms with Gasteiger partial charge in [-0.25, -0.2) is 8.42 Å². The molecule has 4 heteroatoms. The second-order valence-electron chi connectivity index (χ2n) is 2.41. The van der Waals surface area contributed by atoms with E-state index in [1.807, 2.05) is 19.9 Å². The van der Waals surface area contributed by atoms with Crippen LogP contribution in [-0.4, -0.2) is 14.7 Å². The molecule has 1 rings (SSSR count). The van der Waals surface area contributed by atoms with Crippen LogP contribution in [0.1, 0.15) is 19.4 Å². The SMILES string of the molecule is CC.CS(=O)(=O)c1cccc(C#N)c1. The number of rotatable bonds is 1. The predicted octanol–water partition coefficient (Wildman–Crippen LogP) is 1.99. The minimum atomic E-state index is -3.19. The van der Waals surface area contributed by atoms with E-state index in [4.69, 9.17) is 5.26 Å². The molecule has 0 saturated heterocycles. The molecule has 0 N–H and O–H groups in total. The molecule has 0 aliphatic rings. The molecule has 0 spiro atoms. The molecule has 76 valence electrons. The Bertz CT molecular complexity index is 430. The highest BCUT2D eigenvalue weighted by atomic mass is 32.2. The van der Waals surface area contributed by atoms with E-state index < -0.39 is 9.84 Å². The van der Waals surface area contributed by atoms with Crippen LogP contribution in [0.15, 0.2) is 29.2 Å². The fraction of sp³-hybridized carbons (Fsp3) is 0.300. The van der Waals surface area contributed by atoms with Gasteiger partial charge >= 0.3 is 0 Å². The molecular weight excluding hydrogens is 198 g/mol. The van der Waals surface area contributed by atoms with E-state index in [0.29, 0.717) is 5.56 Å². The molecule has 14 heavy (non-hydrogen) atoms. The summed E-state index contributed by atoms with van der Waals surface area (Å²) < 4.78 is 22.0. The Labute approximate surface area is 84.9 Å². The third kappa shape index (κ3) is 3.58. The summed E-state index contributed by atoms with van der Waals surface area (Å²) in [7, 11) is -3.19. The maximum absolute atomic E-state index is 11.0. The summed E-state index contributed by atoms with van der Waals surface area (Å²) in [6, 6.07) is 7.81. The molecule has 0 heterocycles. The molecule has 0 aliphatic heterocycles. The van der Waals surface area contributed by atoms with E-state index in [-0.39, 0.29) is 4.90 Å². The largest absolute Gasteiger partial charge is 0.224 e. The van der Waals surface area contributed by atoms with Gasteiger partial charge in [0.2, 0.25) is 0 Å². The lowest BCUT2D eigenvalue weighted by molar-refractivity contribution is 0.602. The zero-order valence-electron chi connectivity index (χ0n) is 8.48. The van der Waals surface area contributed by atoms with Crippen LogP contribution in [-0.2, 0) is 9.84 Å². The molecule has 0 radical (unpaired) electrons. The van der Waals surface area contributed by atoms with Crippen molar-refractivity contribution in [3.05, 3.63) is 29.8 Å². The quantitative estimate of drug-likeness (QED) is 0.713. The third-order valence-electron chi connectivity index (χ3n) is 1.39. The number of nitriles is 1. The third-order valence-corrected chi connectivity index (χ3v) is 2.50. The Morgan fingerprint density at radius 3 is 2.29 bits per heavy atom. The standard InChI is InChI=1S/C8H7NO2S.C2H6/c1-12(10,11)8-4-2-3-7(5-8)6-9;1-2/h2-5H,1H3;1-2H3. The molecule has 0 unspecified atom stereocenters. The van der Waals surface area contributed by atoms with Crippen molar-refractivity contribution in [2.75, 3.05) is 6.26 Å². The Balaban J connectivity index is 0.000000791. The molecule has 3 nitrogen and oxygen atoms in total. The van der Waals surface area contributed by atoms with Gasteiger partial charge in [-0.05, 0) is 18.2 Å². The summed E-state index contributed by atoms with van der Waals surface area (Å²) in [5.41, 5.74) is 0.359. The van der Waals surface area contributed by atoms with Gasteiger partial charge in [0.15, 0.2) is 9.84 Å². The summed E-state index contributed by atoms with van der Waals surface area (Å²) in [6.07, 6.45) is 1.11. The highest BCUT2D eigenvalue weighted by Gasteiger charge is 2.06. The Kier molecular flexibility index (Phi) is 4.89. The molecular formula is C10H13NO2S. The fourth-order valence-electron chi connectivity index (χ4n) is 0.796. The molecule has 0 atom stereocenters. The average Bonchev–Trinajstić information content (AvgIpc) is 2.20. The fourth-order valence-corrected chi connectivity index (χ4v) is 1.46. The van der Waals surface area contributed by atoms with Crippen LogP contribution in [0.25, 0.3) is 0 Å². The van der Waals surface area contributed by atoms with E-state index in [9.17, 15) is 8.42 Å². The summed E-state index contributed by atoms with van der Waals surface area (Å²) in [4.78, 5) is 0.182. The van der Waals surface area contributed by atoms with Crippen molar-refractivity contribution in [2.24, 2.45) is 0 Å². The van der Waals surface area contributed by atoms with Crippen LogP contribution in [0.2, 0.25) is 0 Å². The van der Waals surface area contributed by atoms with Crippen molar-refractivity contribution in [3.8, 4) is 6.07 Å². The Hall–Kier alpha value is -1.34. The second-order valence-corrected chi connectivity index (χ2v) is 4.43.